The Morgan fingerprint density at radius 1 is 1.29 bits per heavy atom. The smallest absolute Gasteiger partial charge is 0.137 e. The molecule has 1 aliphatic rings. The zero-order valence-electron chi connectivity index (χ0n) is 11.8. The summed E-state index contributed by atoms with van der Waals surface area (Å²) in [5.41, 5.74) is 2.65. The summed E-state index contributed by atoms with van der Waals surface area (Å²) >= 11 is 9.82. The van der Waals surface area contributed by atoms with Gasteiger partial charge in [0.15, 0.2) is 0 Å². The van der Waals surface area contributed by atoms with Crippen LogP contribution in [-0.4, -0.2) is 5.60 Å². The highest BCUT2D eigenvalue weighted by Crippen LogP contribution is 2.40. The van der Waals surface area contributed by atoms with Gasteiger partial charge in [0.05, 0.1) is 9.85 Å². The van der Waals surface area contributed by atoms with E-state index in [4.69, 9.17) is 16.3 Å². The maximum absolute atomic E-state index is 13.7. The number of hydrogen-bond donors (Lipinski definition) is 0. The zero-order chi connectivity index (χ0) is 15.2. The van der Waals surface area contributed by atoms with E-state index < -0.39 is 5.38 Å². The standard InChI is InChI=1S/C17H15BrClFO/c1-17(2)9-11-8-10(6-7-14(11)21-17)16(19)12-4-3-5-13(20)15(12)18/h3-8,16H,9H2,1-2H3. The normalized spacial score (nSPS) is 17.2. The van der Waals surface area contributed by atoms with Gasteiger partial charge in [0.2, 0.25) is 0 Å². The Morgan fingerprint density at radius 3 is 2.81 bits per heavy atom. The lowest BCUT2D eigenvalue weighted by molar-refractivity contribution is 0.138. The van der Waals surface area contributed by atoms with E-state index in [9.17, 15) is 4.39 Å². The van der Waals surface area contributed by atoms with E-state index in [0.717, 1.165) is 28.9 Å². The minimum Gasteiger partial charge on any atom is -0.487 e. The summed E-state index contributed by atoms with van der Waals surface area (Å²) in [4.78, 5) is 0. The van der Waals surface area contributed by atoms with Gasteiger partial charge >= 0.3 is 0 Å². The molecule has 110 valence electrons. The van der Waals surface area contributed by atoms with E-state index in [1.807, 2.05) is 18.2 Å². The number of benzene rings is 2. The van der Waals surface area contributed by atoms with Crippen LogP contribution in [0.15, 0.2) is 40.9 Å². The lowest BCUT2D eigenvalue weighted by Gasteiger charge is -2.16. The van der Waals surface area contributed by atoms with E-state index in [-0.39, 0.29) is 11.4 Å². The molecule has 0 fully saturated rings. The molecule has 4 heteroatoms. The Kier molecular flexibility index (Phi) is 3.74. The first-order valence-electron chi connectivity index (χ1n) is 6.77. The SMILES string of the molecule is CC1(C)Cc2cc(C(Cl)c3cccc(F)c3Br)ccc2O1. The molecule has 0 spiro atoms. The average Bonchev–Trinajstić information content (AvgIpc) is 2.73. The van der Waals surface area contributed by atoms with Crippen LogP contribution in [0.25, 0.3) is 0 Å². The molecule has 1 unspecified atom stereocenters. The number of alkyl halides is 1. The van der Waals surface area contributed by atoms with Crippen LogP contribution in [0, 0.1) is 5.82 Å². The van der Waals surface area contributed by atoms with Crippen molar-refractivity contribution in [1.29, 1.82) is 0 Å². The second-order valence-corrected chi connectivity index (χ2v) is 7.14. The summed E-state index contributed by atoms with van der Waals surface area (Å²) < 4.78 is 19.9. The van der Waals surface area contributed by atoms with Crippen LogP contribution in [0.2, 0.25) is 0 Å². The molecule has 0 aromatic heterocycles. The van der Waals surface area contributed by atoms with Crippen molar-refractivity contribution < 1.29 is 9.13 Å². The summed E-state index contributed by atoms with van der Waals surface area (Å²) in [5.74, 6) is 0.606. The van der Waals surface area contributed by atoms with Crippen molar-refractivity contribution in [3.63, 3.8) is 0 Å². The Balaban J connectivity index is 1.97. The highest BCUT2D eigenvalue weighted by Gasteiger charge is 2.30. The molecular formula is C17H15BrClFO. The van der Waals surface area contributed by atoms with Crippen LogP contribution in [0.1, 0.15) is 35.9 Å². The van der Waals surface area contributed by atoms with Crippen molar-refractivity contribution in [1.82, 2.24) is 0 Å². The molecule has 0 saturated carbocycles. The quantitative estimate of drug-likeness (QED) is 0.623. The molecule has 0 N–H and O–H groups in total. The number of rotatable bonds is 2. The molecule has 1 heterocycles. The van der Waals surface area contributed by atoms with Crippen LogP contribution < -0.4 is 4.74 Å². The van der Waals surface area contributed by atoms with Crippen LogP contribution in [0.4, 0.5) is 4.39 Å². The van der Waals surface area contributed by atoms with E-state index >= 15 is 0 Å². The average molecular weight is 370 g/mol. The predicted octanol–water partition coefficient (Wildman–Crippen LogP) is 5.63. The monoisotopic (exact) mass is 368 g/mol. The molecule has 1 aliphatic heterocycles. The number of hydrogen-bond acceptors (Lipinski definition) is 1. The van der Waals surface area contributed by atoms with E-state index in [1.165, 1.54) is 6.07 Å². The van der Waals surface area contributed by atoms with Gasteiger partial charge in [0.1, 0.15) is 17.2 Å². The Morgan fingerprint density at radius 2 is 2.05 bits per heavy atom. The Hall–Kier alpha value is -1.06. The van der Waals surface area contributed by atoms with E-state index in [2.05, 4.69) is 35.8 Å². The van der Waals surface area contributed by atoms with Gasteiger partial charge in [-0.2, -0.15) is 0 Å². The van der Waals surface area contributed by atoms with Crippen LogP contribution in [0.5, 0.6) is 5.75 Å². The second kappa shape index (κ2) is 5.29. The first-order valence-corrected chi connectivity index (χ1v) is 8.00. The maximum Gasteiger partial charge on any atom is 0.137 e. The summed E-state index contributed by atoms with van der Waals surface area (Å²) in [6.45, 7) is 4.13. The summed E-state index contributed by atoms with van der Waals surface area (Å²) in [5, 5.41) is -0.399. The number of ether oxygens (including phenoxy) is 1. The van der Waals surface area contributed by atoms with Crippen molar-refractivity contribution in [2.75, 3.05) is 0 Å². The summed E-state index contributed by atoms with van der Waals surface area (Å²) in [6.07, 6.45) is 0.851. The Bertz CT molecular complexity index is 699. The zero-order valence-corrected chi connectivity index (χ0v) is 14.1. The molecule has 2 aromatic rings. The largest absolute Gasteiger partial charge is 0.487 e. The van der Waals surface area contributed by atoms with Gasteiger partial charge in [-0.15, -0.1) is 11.6 Å². The summed E-state index contributed by atoms with van der Waals surface area (Å²) in [7, 11) is 0. The third kappa shape index (κ3) is 2.82. The molecule has 1 nitrogen and oxygen atoms in total. The fourth-order valence-electron chi connectivity index (χ4n) is 2.68. The minimum atomic E-state index is -0.399. The van der Waals surface area contributed by atoms with Crippen LogP contribution in [0.3, 0.4) is 0 Å². The molecule has 21 heavy (non-hydrogen) atoms. The lowest BCUT2D eigenvalue weighted by atomic mass is 9.97. The topological polar surface area (TPSA) is 9.23 Å². The van der Waals surface area contributed by atoms with Crippen molar-refractivity contribution in [2.24, 2.45) is 0 Å². The lowest BCUT2D eigenvalue weighted by Crippen LogP contribution is -2.24. The molecular weight excluding hydrogens is 355 g/mol. The van der Waals surface area contributed by atoms with Crippen LogP contribution >= 0.6 is 27.5 Å². The van der Waals surface area contributed by atoms with Crippen LogP contribution in [-0.2, 0) is 6.42 Å². The fourth-order valence-corrected chi connectivity index (χ4v) is 3.63. The molecule has 3 rings (SSSR count). The van der Waals surface area contributed by atoms with Gasteiger partial charge in [-0.1, -0.05) is 24.3 Å². The van der Waals surface area contributed by atoms with Gasteiger partial charge in [-0.25, -0.2) is 4.39 Å². The molecule has 0 radical (unpaired) electrons. The van der Waals surface area contributed by atoms with Gasteiger partial charge in [0, 0.05) is 6.42 Å². The Labute approximate surface area is 137 Å². The first kappa shape index (κ1) is 14.9. The molecule has 0 saturated heterocycles. The predicted molar refractivity (Wildman–Crippen MR) is 86.6 cm³/mol. The maximum atomic E-state index is 13.7. The molecule has 1 atom stereocenters. The fraction of sp³-hybridized carbons (Fsp3) is 0.294. The highest BCUT2D eigenvalue weighted by atomic mass is 79.9. The van der Waals surface area contributed by atoms with Gasteiger partial charge < -0.3 is 4.74 Å². The third-order valence-electron chi connectivity index (χ3n) is 3.63. The first-order chi connectivity index (χ1) is 9.87. The van der Waals surface area contributed by atoms with Crippen molar-refractivity contribution in [2.45, 2.75) is 31.2 Å². The molecule has 0 amide bonds. The van der Waals surface area contributed by atoms with Crippen molar-refractivity contribution in [3.8, 4) is 5.75 Å². The number of halogens is 3. The molecule has 2 aromatic carbocycles. The minimum absolute atomic E-state index is 0.178. The summed E-state index contributed by atoms with van der Waals surface area (Å²) in [6, 6.07) is 10.9. The van der Waals surface area contributed by atoms with Crippen molar-refractivity contribution in [3.05, 3.63) is 63.4 Å². The third-order valence-corrected chi connectivity index (χ3v) is 4.96. The second-order valence-electron chi connectivity index (χ2n) is 5.91. The number of fused-ring (bicyclic) bond motifs is 1. The van der Waals surface area contributed by atoms with Gasteiger partial charge in [0.25, 0.3) is 0 Å². The van der Waals surface area contributed by atoms with Crippen molar-refractivity contribution >= 4 is 27.5 Å². The van der Waals surface area contributed by atoms with Gasteiger partial charge in [-0.05, 0) is 58.6 Å². The highest BCUT2D eigenvalue weighted by molar-refractivity contribution is 9.10. The molecule has 0 bridgehead atoms. The van der Waals surface area contributed by atoms with E-state index in [1.54, 1.807) is 6.07 Å². The van der Waals surface area contributed by atoms with Gasteiger partial charge in [-0.3, -0.25) is 0 Å². The molecule has 0 aliphatic carbocycles. The van der Waals surface area contributed by atoms with E-state index in [0.29, 0.717) is 4.47 Å².